The van der Waals surface area contributed by atoms with Gasteiger partial charge in [0.15, 0.2) is 0 Å². The molecule has 128 valence electrons. The molecule has 1 rings (SSSR count). The Bertz CT molecular complexity index is 468. The molecule has 0 saturated carbocycles. The molecule has 0 heterocycles. The van der Waals surface area contributed by atoms with E-state index in [1.165, 1.54) is 0 Å². The highest BCUT2D eigenvalue weighted by atomic mass is 16.6. The fourth-order valence-electron chi connectivity index (χ4n) is 1.97. The van der Waals surface area contributed by atoms with Crippen LogP contribution in [0.5, 0.6) is 0 Å². The minimum Gasteiger partial charge on any atom is -0.444 e. The van der Waals surface area contributed by atoms with E-state index >= 15 is 0 Å². The van der Waals surface area contributed by atoms with E-state index < -0.39 is 17.7 Å². The molecule has 1 unspecified atom stereocenters. The van der Waals surface area contributed by atoms with Gasteiger partial charge in [0.1, 0.15) is 11.9 Å². The van der Waals surface area contributed by atoms with Crippen LogP contribution in [0.25, 0.3) is 0 Å². The molecule has 1 atom stereocenters. The van der Waals surface area contributed by atoms with Crippen LogP contribution in [0.3, 0.4) is 0 Å². The van der Waals surface area contributed by atoms with Crippen molar-refractivity contribution in [2.24, 2.45) is 0 Å². The van der Waals surface area contributed by atoms with Crippen molar-refractivity contribution in [2.45, 2.75) is 58.3 Å². The number of ether oxygens (including phenoxy) is 2. The number of hydrogen-bond acceptors (Lipinski definition) is 4. The third-order valence-electron chi connectivity index (χ3n) is 3.03. The van der Waals surface area contributed by atoms with Crippen LogP contribution in [0.2, 0.25) is 0 Å². The van der Waals surface area contributed by atoms with Crippen molar-refractivity contribution in [2.75, 3.05) is 6.61 Å². The number of aldehydes is 1. The molecule has 1 N–H and O–H groups in total. The molecule has 23 heavy (non-hydrogen) atoms. The predicted molar refractivity (Wildman–Crippen MR) is 89.2 cm³/mol. The van der Waals surface area contributed by atoms with Crippen molar-refractivity contribution in [3.05, 3.63) is 35.9 Å². The van der Waals surface area contributed by atoms with Crippen LogP contribution in [-0.2, 0) is 20.9 Å². The van der Waals surface area contributed by atoms with Crippen molar-refractivity contribution < 1.29 is 19.1 Å². The second-order valence-corrected chi connectivity index (χ2v) is 6.42. The summed E-state index contributed by atoms with van der Waals surface area (Å²) in [5.41, 5.74) is 0.577. The van der Waals surface area contributed by atoms with Crippen LogP contribution in [0.1, 0.15) is 45.6 Å². The van der Waals surface area contributed by atoms with Crippen molar-refractivity contribution >= 4 is 12.4 Å². The van der Waals surface area contributed by atoms with Gasteiger partial charge in [0.05, 0.1) is 12.6 Å². The molecule has 0 spiro atoms. The van der Waals surface area contributed by atoms with Crippen molar-refractivity contribution in [3.8, 4) is 0 Å². The third kappa shape index (κ3) is 9.68. The normalized spacial score (nSPS) is 12.5. The number of benzene rings is 1. The predicted octanol–water partition coefficient (Wildman–Crippen LogP) is 3.47. The Labute approximate surface area is 138 Å². The Morgan fingerprint density at radius 1 is 1.22 bits per heavy atom. The van der Waals surface area contributed by atoms with Crippen molar-refractivity contribution in [3.63, 3.8) is 0 Å². The Balaban J connectivity index is 2.12. The molecule has 5 heteroatoms. The van der Waals surface area contributed by atoms with Gasteiger partial charge in [-0.25, -0.2) is 4.79 Å². The van der Waals surface area contributed by atoms with Crippen LogP contribution in [0.15, 0.2) is 30.3 Å². The minimum atomic E-state index is -0.567. The lowest BCUT2D eigenvalue weighted by Crippen LogP contribution is -2.39. The number of carbonyl (C=O) groups is 2. The fourth-order valence-corrected chi connectivity index (χ4v) is 1.97. The van der Waals surface area contributed by atoms with E-state index in [4.69, 9.17) is 9.47 Å². The van der Waals surface area contributed by atoms with Gasteiger partial charge >= 0.3 is 6.09 Å². The van der Waals surface area contributed by atoms with Gasteiger partial charge in [0, 0.05) is 6.61 Å². The molecule has 0 aromatic heterocycles. The van der Waals surface area contributed by atoms with Gasteiger partial charge in [-0.15, -0.1) is 0 Å². The molecule has 1 aromatic rings. The summed E-state index contributed by atoms with van der Waals surface area (Å²) in [7, 11) is 0. The van der Waals surface area contributed by atoms with Crippen molar-refractivity contribution in [1.82, 2.24) is 5.32 Å². The molecule has 0 aliphatic carbocycles. The number of carbonyl (C=O) groups excluding carboxylic acids is 2. The second kappa shape index (κ2) is 10.0. The molecule has 0 saturated heterocycles. The SMILES string of the molecule is CC(C)(C)OC(=O)NC(C=O)CCCCOCc1ccccc1. The van der Waals surface area contributed by atoms with E-state index in [1.54, 1.807) is 20.8 Å². The molecule has 0 bridgehead atoms. The lowest BCUT2D eigenvalue weighted by atomic mass is 10.1. The Kier molecular flexibility index (Phi) is 8.33. The summed E-state index contributed by atoms with van der Waals surface area (Å²) in [6.07, 6.45) is 2.41. The number of nitrogens with one attached hydrogen (secondary N) is 1. The molecule has 1 amide bonds. The van der Waals surface area contributed by atoms with Gasteiger partial charge in [0.2, 0.25) is 0 Å². The van der Waals surface area contributed by atoms with Crippen LogP contribution in [0.4, 0.5) is 4.79 Å². The number of hydrogen-bond donors (Lipinski definition) is 1. The smallest absolute Gasteiger partial charge is 0.408 e. The van der Waals surface area contributed by atoms with E-state index in [0.717, 1.165) is 24.7 Å². The summed E-state index contributed by atoms with van der Waals surface area (Å²) in [6, 6.07) is 9.46. The molecular formula is C18H27NO4. The molecular weight excluding hydrogens is 294 g/mol. The Morgan fingerprint density at radius 2 is 1.91 bits per heavy atom. The van der Waals surface area contributed by atoms with Crippen LogP contribution < -0.4 is 5.32 Å². The summed E-state index contributed by atoms with van der Waals surface area (Å²) in [5.74, 6) is 0. The average Bonchev–Trinajstić information content (AvgIpc) is 2.48. The first-order valence-electron chi connectivity index (χ1n) is 7.97. The summed E-state index contributed by atoms with van der Waals surface area (Å²) in [6.45, 7) is 6.58. The zero-order chi connectivity index (χ0) is 17.1. The molecule has 0 aliphatic rings. The van der Waals surface area contributed by atoms with Crippen LogP contribution in [-0.4, -0.2) is 30.6 Å². The number of amides is 1. The second-order valence-electron chi connectivity index (χ2n) is 6.42. The van der Waals surface area contributed by atoms with E-state index in [-0.39, 0.29) is 0 Å². The van der Waals surface area contributed by atoms with Gasteiger partial charge in [-0.05, 0) is 45.6 Å². The maximum Gasteiger partial charge on any atom is 0.408 e. The first-order chi connectivity index (χ1) is 10.9. The van der Waals surface area contributed by atoms with Gasteiger partial charge < -0.3 is 19.6 Å². The molecule has 1 aromatic carbocycles. The monoisotopic (exact) mass is 321 g/mol. The maximum absolute atomic E-state index is 11.6. The number of unbranched alkanes of at least 4 members (excludes halogenated alkanes) is 1. The Morgan fingerprint density at radius 3 is 2.52 bits per heavy atom. The molecule has 5 nitrogen and oxygen atoms in total. The first kappa shape index (κ1) is 19.2. The first-order valence-corrected chi connectivity index (χ1v) is 7.97. The zero-order valence-electron chi connectivity index (χ0n) is 14.2. The summed E-state index contributed by atoms with van der Waals surface area (Å²) >= 11 is 0. The highest BCUT2D eigenvalue weighted by molar-refractivity contribution is 5.73. The summed E-state index contributed by atoms with van der Waals surface area (Å²) in [5, 5.41) is 2.57. The number of rotatable bonds is 9. The highest BCUT2D eigenvalue weighted by Gasteiger charge is 2.18. The van der Waals surface area contributed by atoms with E-state index in [1.807, 2.05) is 30.3 Å². The van der Waals surface area contributed by atoms with Gasteiger partial charge in [-0.3, -0.25) is 0 Å². The van der Waals surface area contributed by atoms with E-state index in [2.05, 4.69) is 5.32 Å². The van der Waals surface area contributed by atoms with Crippen molar-refractivity contribution in [1.29, 1.82) is 0 Å². The average molecular weight is 321 g/mol. The van der Waals surface area contributed by atoms with Gasteiger partial charge in [0.25, 0.3) is 0 Å². The number of alkyl carbamates (subject to hydrolysis) is 1. The van der Waals surface area contributed by atoms with E-state index in [0.29, 0.717) is 19.6 Å². The highest BCUT2D eigenvalue weighted by Crippen LogP contribution is 2.08. The third-order valence-corrected chi connectivity index (χ3v) is 3.03. The standard InChI is InChI=1S/C18H27NO4/c1-18(2,3)23-17(21)19-16(13-20)11-7-8-12-22-14-15-9-5-4-6-10-15/h4-6,9-10,13,16H,7-8,11-12,14H2,1-3H3,(H,19,21). The Hall–Kier alpha value is -1.88. The molecule has 0 aliphatic heterocycles. The summed E-state index contributed by atoms with van der Waals surface area (Å²) < 4.78 is 10.7. The maximum atomic E-state index is 11.6. The lowest BCUT2D eigenvalue weighted by Gasteiger charge is -2.21. The minimum absolute atomic E-state index is 0.515. The van der Waals surface area contributed by atoms with Crippen LogP contribution >= 0.6 is 0 Å². The lowest BCUT2D eigenvalue weighted by molar-refractivity contribution is -0.109. The topological polar surface area (TPSA) is 64.6 Å². The van der Waals surface area contributed by atoms with Gasteiger partial charge in [-0.2, -0.15) is 0 Å². The quantitative estimate of drug-likeness (QED) is 0.559. The van der Waals surface area contributed by atoms with Crippen LogP contribution in [0, 0.1) is 0 Å². The van der Waals surface area contributed by atoms with Gasteiger partial charge in [-0.1, -0.05) is 30.3 Å². The summed E-state index contributed by atoms with van der Waals surface area (Å²) in [4.78, 5) is 22.6. The fraction of sp³-hybridized carbons (Fsp3) is 0.556. The molecule has 0 radical (unpaired) electrons. The largest absolute Gasteiger partial charge is 0.444 e. The zero-order valence-corrected chi connectivity index (χ0v) is 14.2. The molecule has 0 fully saturated rings. The van der Waals surface area contributed by atoms with E-state index in [9.17, 15) is 9.59 Å².